The molecule has 0 radical (unpaired) electrons. The normalized spacial score (nSPS) is 17.9. The van der Waals surface area contributed by atoms with Gasteiger partial charge in [-0.3, -0.25) is 14.7 Å². The van der Waals surface area contributed by atoms with Crippen molar-refractivity contribution in [1.29, 1.82) is 0 Å². The van der Waals surface area contributed by atoms with Crippen molar-refractivity contribution in [2.45, 2.75) is 19.4 Å². The Kier molecular flexibility index (Phi) is 4.43. The molecule has 1 aliphatic heterocycles. The molecule has 0 spiro atoms. The van der Waals surface area contributed by atoms with Crippen molar-refractivity contribution in [3.63, 3.8) is 0 Å². The molecule has 2 rings (SSSR count). The van der Waals surface area contributed by atoms with Crippen molar-refractivity contribution >= 4 is 29.1 Å². The molecule has 2 heterocycles. The number of hydrogen-bond donors (Lipinski definition) is 1. The third-order valence-corrected chi connectivity index (χ3v) is 3.98. The first-order valence-corrected chi connectivity index (χ1v) is 6.63. The largest absolute Gasteiger partial charge is 0.369 e. The van der Waals surface area contributed by atoms with E-state index in [2.05, 4.69) is 9.88 Å². The summed E-state index contributed by atoms with van der Waals surface area (Å²) < 4.78 is 0. The summed E-state index contributed by atoms with van der Waals surface area (Å²) in [6.07, 6.45) is 4.79. The van der Waals surface area contributed by atoms with Gasteiger partial charge in [-0.15, -0.1) is 0 Å². The Hall–Kier alpha value is -0.840. The number of piperidine rings is 1. The van der Waals surface area contributed by atoms with E-state index in [-0.39, 0.29) is 11.8 Å². The van der Waals surface area contributed by atoms with Crippen molar-refractivity contribution in [2.75, 3.05) is 13.1 Å². The molecular weight excluding hydrogens is 273 g/mol. The van der Waals surface area contributed by atoms with Gasteiger partial charge in [0.05, 0.1) is 10.0 Å². The molecule has 2 N–H and O–H groups in total. The van der Waals surface area contributed by atoms with Gasteiger partial charge in [0, 0.05) is 30.4 Å². The molecular formula is C12H15Cl2N3O. The molecule has 1 aliphatic rings. The average molecular weight is 288 g/mol. The first kappa shape index (κ1) is 13.6. The van der Waals surface area contributed by atoms with Crippen LogP contribution in [0.15, 0.2) is 12.4 Å². The zero-order chi connectivity index (χ0) is 13.1. The molecule has 98 valence electrons. The molecule has 0 unspecified atom stereocenters. The molecule has 0 saturated carbocycles. The van der Waals surface area contributed by atoms with E-state index in [4.69, 9.17) is 28.9 Å². The number of likely N-dealkylation sites (tertiary alicyclic amines) is 1. The number of halogens is 2. The number of carbonyl (C=O) groups is 1. The average Bonchev–Trinajstić information content (AvgIpc) is 2.34. The Morgan fingerprint density at radius 2 is 1.89 bits per heavy atom. The fourth-order valence-corrected chi connectivity index (χ4v) is 2.67. The van der Waals surface area contributed by atoms with Crippen LogP contribution >= 0.6 is 23.2 Å². The number of pyridine rings is 1. The third kappa shape index (κ3) is 3.13. The van der Waals surface area contributed by atoms with Crippen LogP contribution in [0.3, 0.4) is 0 Å². The smallest absolute Gasteiger partial charge is 0.220 e. The van der Waals surface area contributed by atoms with Crippen molar-refractivity contribution < 1.29 is 4.79 Å². The number of nitrogens with two attached hydrogens (primary N) is 1. The van der Waals surface area contributed by atoms with Crippen LogP contribution < -0.4 is 5.73 Å². The lowest BCUT2D eigenvalue weighted by atomic mass is 9.96. The van der Waals surface area contributed by atoms with Gasteiger partial charge in [-0.2, -0.15) is 0 Å². The maximum Gasteiger partial charge on any atom is 0.220 e. The van der Waals surface area contributed by atoms with Crippen LogP contribution in [0.5, 0.6) is 0 Å². The number of amides is 1. The van der Waals surface area contributed by atoms with Gasteiger partial charge < -0.3 is 5.73 Å². The number of hydrogen-bond acceptors (Lipinski definition) is 3. The maximum absolute atomic E-state index is 11.1. The predicted molar refractivity (Wildman–Crippen MR) is 71.5 cm³/mol. The van der Waals surface area contributed by atoms with Gasteiger partial charge in [-0.05, 0) is 25.9 Å². The second-order valence-electron chi connectivity index (χ2n) is 4.53. The van der Waals surface area contributed by atoms with E-state index < -0.39 is 0 Å². The van der Waals surface area contributed by atoms with Crippen LogP contribution in [-0.4, -0.2) is 28.9 Å². The first-order chi connectivity index (χ1) is 8.58. The van der Waals surface area contributed by atoms with Gasteiger partial charge in [0.15, 0.2) is 0 Å². The molecule has 4 nitrogen and oxygen atoms in total. The van der Waals surface area contributed by atoms with Crippen molar-refractivity contribution in [3.8, 4) is 0 Å². The quantitative estimate of drug-likeness (QED) is 0.926. The van der Waals surface area contributed by atoms with E-state index in [1.807, 2.05) is 0 Å². The van der Waals surface area contributed by atoms with Gasteiger partial charge in [0.1, 0.15) is 0 Å². The second-order valence-corrected chi connectivity index (χ2v) is 5.35. The lowest BCUT2D eigenvalue weighted by Crippen LogP contribution is -2.38. The SMILES string of the molecule is NC(=O)C1CCN(Cc2c(Cl)cncc2Cl)CC1. The second kappa shape index (κ2) is 5.87. The molecule has 1 aromatic heterocycles. The molecule has 1 saturated heterocycles. The number of aromatic nitrogens is 1. The summed E-state index contributed by atoms with van der Waals surface area (Å²) >= 11 is 12.2. The molecule has 1 amide bonds. The monoisotopic (exact) mass is 287 g/mol. The van der Waals surface area contributed by atoms with Crippen LogP contribution in [0, 0.1) is 5.92 Å². The number of rotatable bonds is 3. The van der Waals surface area contributed by atoms with Gasteiger partial charge in [-0.1, -0.05) is 23.2 Å². The van der Waals surface area contributed by atoms with E-state index in [9.17, 15) is 4.79 Å². The Labute approximate surface area is 116 Å². The topological polar surface area (TPSA) is 59.2 Å². The number of nitrogens with zero attached hydrogens (tertiary/aromatic N) is 2. The summed E-state index contributed by atoms with van der Waals surface area (Å²) in [5.74, 6) is -0.195. The van der Waals surface area contributed by atoms with Crippen LogP contribution in [0.2, 0.25) is 10.0 Å². The zero-order valence-corrected chi connectivity index (χ0v) is 11.4. The van der Waals surface area contributed by atoms with E-state index >= 15 is 0 Å². The highest BCUT2D eigenvalue weighted by molar-refractivity contribution is 6.35. The molecule has 18 heavy (non-hydrogen) atoms. The van der Waals surface area contributed by atoms with E-state index in [1.54, 1.807) is 12.4 Å². The summed E-state index contributed by atoms with van der Waals surface area (Å²) in [5.41, 5.74) is 6.20. The molecule has 6 heteroatoms. The Bertz CT molecular complexity index is 425. The lowest BCUT2D eigenvalue weighted by Gasteiger charge is -2.30. The highest BCUT2D eigenvalue weighted by Gasteiger charge is 2.23. The summed E-state index contributed by atoms with van der Waals surface area (Å²) in [6, 6.07) is 0. The van der Waals surface area contributed by atoms with Gasteiger partial charge in [0.2, 0.25) is 5.91 Å². The van der Waals surface area contributed by atoms with E-state index in [0.29, 0.717) is 16.6 Å². The maximum atomic E-state index is 11.1. The fraction of sp³-hybridized carbons (Fsp3) is 0.500. The predicted octanol–water partition coefficient (Wildman–Crippen LogP) is 2.09. The van der Waals surface area contributed by atoms with Gasteiger partial charge in [-0.25, -0.2) is 0 Å². The van der Waals surface area contributed by atoms with Crippen molar-refractivity contribution in [1.82, 2.24) is 9.88 Å². The Morgan fingerprint density at radius 1 is 1.33 bits per heavy atom. The van der Waals surface area contributed by atoms with Gasteiger partial charge >= 0.3 is 0 Å². The van der Waals surface area contributed by atoms with Crippen molar-refractivity contribution in [3.05, 3.63) is 28.0 Å². The lowest BCUT2D eigenvalue weighted by molar-refractivity contribution is -0.123. The van der Waals surface area contributed by atoms with Crippen LogP contribution in [0.25, 0.3) is 0 Å². The first-order valence-electron chi connectivity index (χ1n) is 5.87. The minimum Gasteiger partial charge on any atom is -0.369 e. The molecule has 0 aliphatic carbocycles. The van der Waals surface area contributed by atoms with Crippen LogP contribution in [-0.2, 0) is 11.3 Å². The number of primary amides is 1. The summed E-state index contributed by atoms with van der Waals surface area (Å²) in [7, 11) is 0. The molecule has 0 aromatic carbocycles. The fourth-order valence-electron chi connectivity index (χ4n) is 2.19. The third-order valence-electron chi connectivity index (χ3n) is 3.32. The standard InChI is InChI=1S/C12H15Cl2N3O/c13-10-5-16-6-11(14)9(10)7-17-3-1-8(2-4-17)12(15)18/h5-6,8H,1-4,7H2,(H2,15,18). The molecule has 1 fully saturated rings. The minimum absolute atomic E-state index is 0.00429. The number of carbonyl (C=O) groups excluding carboxylic acids is 1. The highest BCUT2D eigenvalue weighted by Crippen LogP contribution is 2.26. The van der Waals surface area contributed by atoms with Crippen LogP contribution in [0.1, 0.15) is 18.4 Å². The Balaban J connectivity index is 1.98. The molecule has 1 aromatic rings. The summed E-state index contributed by atoms with van der Waals surface area (Å²) in [5, 5.41) is 1.17. The Morgan fingerprint density at radius 3 is 2.39 bits per heavy atom. The van der Waals surface area contributed by atoms with Gasteiger partial charge in [0.25, 0.3) is 0 Å². The zero-order valence-electron chi connectivity index (χ0n) is 9.90. The van der Waals surface area contributed by atoms with Crippen LogP contribution in [0.4, 0.5) is 0 Å². The highest BCUT2D eigenvalue weighted by atomic mass is 35.5. The van der Waals surface area contributed by atoms with E-state index in [1.165, 1.54) is 0 Å². The minimum atomic E-state index is -0.199. The molecule has 0 bridgehead atoms. The van der Waals surface area contributed by atoms with Crippen molar-refractivity contribution in [2.24, 2.45) is 11.7 Å². The van der Waals surface area contributed by atoms with E-state index in [0.717, 1.165) is 31.5 Å². The molecule has 0 atom stereocenters. The summed E-state index contributed by atoms with van der Waals surface area (Å²) in [6.45, 7) is 2.36. The summed E-state index contributed by atoms with van der Waals surface area (Å²) in [4.78, 5) is 17.2.